The van der Waals surface area contributed by atoms with Gasteiger partial charge >= 0.3 is 0 Å². The highest BCUT2D eigenvalue weighted by Gasteiger charge is 2.25. The van der Waals surface area contributed by atoms with E-state index < -0.39 is 11.1 Å². The van der Waals surface area contributed by atoms with E-state index in [4.69, 9.17) is 4.18 Å². The van der Waals surface area contributed by atoms with Crippen LogP contribution in [-0.4, -0.2) is 16.2 Å². The van der Waals surface area contributed by atoms with E-state index in [1.54, 1.807) is 24.3 Å². The number of allylic oxidation sites excluding steroid dienone is 2. The van der Waals surface area contributed by atoms with Crippen molar-refractivity contribution in [2.24, 2.45) is 0 Å². The Hall–Kier alpha value is -2.27. The molecule has 118 valence electrons. The second kappa shape index (κ2) is 6.46. The highest BCUT2D eigenvalue weighted by Crippen LogP contribution is 2.37. The summed E-state index contributed by atoms with van der Waals surface area (Å²) in [6, 6.07) is 13.1. The van der Waals surface area contributed by atoms with E-state index in [1.807, 2.05) is 12.1 Å². The lowest BCUT2D eigenvalue weighted by molar-refractivity contribution is -0.113. The van der Waals surface area contributed by atoms with Crippen molar-refractivity contribution in [3.05, 3.63) is 65.5 Å². The van der Waals surface area contributed by atoms with Crippen LogP contribution < -0.4 is 4.18 Å². The molecule has 23 heavy (non-hydrogen) atoms. The minimum atomic E-state index is -1.37. The zero-order chi connectivity index (χ0) is 16.4. The van der Waals surface area contributed by atoms with Crippen LogP contribution in [-0.2, 0) is 15.9 Å². The van der Waals surface area contributed by atoms with Gasteiger partial charge in [-0.05, 0) is 47.4 Å². The molecule has 0 saturated heterocycles. The molecule has 1 aliphatic rings. The summed E-state index contributed by atoms with van der Waals surface area (Å²) < 4.78 is 29.3. The van der Waals surface area contributed by atoms with Gasteiger partial charge in [0, 0.05) is 18.2 Å². The molecule has 5 heteroatoms. The van der Waals surface area contributed by atoms with Crippen LogP contribution in [0.4, 0.5) is 4.39 Å². The lowest BCUT2D eigenvalue weighted by Gasteiger charge is -2.08. The van der Waals surface area contributed by atoms with E-state index in [0.717, 1.165) is 16.7 Å². The van der Waals surface area contributed by atoms with E-state index >= 15 is 0 Å². The number of rotatable bonds is 4. The van der Waals surface area contributed by atoms with Crippen LogP contribution in [0.15, 0.2) is 48.5 Å². The van der Waals surface area contributed by atoms with Crippen molar-refractivity contribution >= 4 is 28.0 Å². The Labute approximate surface area is 136 Å². The largest absolute Gasteiger partial charge is 0.401 e. The summed E-state index contributed by atoms with van der Waals surface area (Å²) in [5, 5.41) is 0. The number of carbonyl (C=O) groups is 1. The van der Waals surface area contributed by atoms with Crippen molar-refractivity contribution in [1.29, 1.82) is 0 Å². The molecule has 1 aliphatic carbocycles. The summed E-state index contributed by atoms with van der Waals surface area (Å²) in [6.07, 6.45) is 2.57. The van der Waals surface area contributed by atoms with Crippen molar-refractivity contribution < 1.29 is 17.6 Å². The van der Waals surface area contributed by atoms with Gasteiger partial charge in [0.05, 0.1) is 0 Å². The molecule has 0 N–H and O–H groups in total. The first kappa shape index (κ1) is 15.6. The summed E-state index contributed by atoms with van der Waals surface area (Å²) in [7, 11) is 0. The molecule has 0 aliphatic heterocycles. The lowest BCUT2D eigenvalue weighted by Crippen LogP contribution is -1.97. The zero-order valence-corrected chi connectivity index (χ0v) is 13.4. The van der Waals surface area contributed by atoms with E-state index in [9.17, 15) is 13.4 Å². The van der Waals surface area contributed by atoms with Crippen molar-refractivity contribution in [2.45, 2.75) is 12.8 Å². The lowest BCUT2D eigenvalue weighted by atomic mass is 9.96. The highest BCUT2D eigenvalue weighted by molar-refractivity contribution is 7.79. The third kappa shape index (κ3) is 3.40. The molecule has 0 spiro atoms. The monoisotopic (exact) mass is 330 g/mol. The molecule has 1 unspecified atom stereocenters. The van der Waals surface area contributed by atoms with Gasteiger partial charge in [0.15, 0.2) is 5.78 Å². The maximum absolute atomic E-state index is 13.1. The standard InChI is InChI=1S/C18H15FO3S/c1-23(21)22-15-8-4-12(5-9-15)16-10-11-17(20)18(16)13-2-6-14(19)7-3-13/h2-9H,10-11H2,1H3. The number of Topliss-reactive ketones (excluding diaryl/α,β-unsaturated/α-hetero) is 1. The summed E-state index contributed by atoms with van der Waals surface area (Å²) in [5.41, 5.74) is 3.26. The van der Waals surface area contributed by atoms with Gasteiger partial charge in [-0.15, -0.1) is 0 Å². The van der Waals surface area contributed by atoms with Crippen molar-refractivity contribution in [2.75, 3.05) is 6.26 Å². The second-order valence-corrected chi connectivity index (χ2v) is 6.26. The topological polar surface area (TPSA) is 43.4 Å². The Morgan fingerprint density at radius 3 is 2.17 bits per heavy atom. The number of carbonyl (C=O) groups excluding carboxylic acids is 1. The summed E-state index contributed by atoms with van der Waals surface area (Å²) in [6.45, 7) is 0. The van der Waals surface area contributed by atoms with Crippen LogP contribution in [0.1, 0.15) is 24.0 Å². The number of halogens is 1. The Kier molecular flexibility index (Phi) is 4.39. The van der Waals surface area contributed by atoms with Crippen LogP contribution in [0.3, 0.4) is 0 Å². The molecular formula is C18H15FO3S. The predicted molar refractivity (Wildman–Crippen MR) is 88.6 cm³/mol. The third-order valence-corrected chi connectivity index (χ3v) is 4.16. The maximum atomic E-state index is 13.1. The van der Waals surface area contributed by atoms with Gasteiger partial charge in [-0.1, -0.05) is 24.3 Å². The molecule has 3 rings (SSSR count). The fraction of sp³-hybridized carbons (Fsp3) is 0.167. The molecule has 0 saturated carbocycles. The minimum Gasteiger partial charge on any atom is -0.401 e. The normalized spacial score (nSPS) is 15.8. The molecule has 0 heterocycles. The Bertz CT molecular complexity index is 792. The molecule has 0 radical (unpaired) electrons. The Morgan fingerprint density at radius 1 is 0.957 bits per heavy atom. The zero-order valence-electron chi connectivity index (χ0n) is 12.5. The molecular weight excluding hydrogens is 315 g/mol. The van der Waals surface area contributed by atoms with Gasteiger partial charge < -0.3 is 4.18 Å². The molecule has 0 bridgehead atoms. The second-order valence-electron chi connectivity index (χ2n) is 5.29. The molecule has 0 amide bonds. The van der Waals surface area contributed by atoms with Gasteiger partial charge in [-0.25, -0.2) is 8.60 Å². The first-order chi connectivity index (χ1) is 11.0. The number of hydrogen-bond acceptors (Lipinski definition) is 3. The van der Waals surface area contributed by atoms with Gasteiger partial charge in [0.1, 0.15) is 11.6 Å². The number of ketones is 1. The Balaban J connectivity index is 1.99. The van der Waals surface area contributed by atoms with Crippen molar-refractivity contribution in [1.82, 2.24) is 0 Å². The van der Waals surface area contributed by atoms with Gasteiger partial charge in [-0.2, -0.15) is 0 Å². The van der Waals surface area contributed by atoms with Gasteiger partial charge in [0.25, 0.3) is 0 Å². The van der Waals surface area contributed by atoms with E-state index in [-0.39, 0.29) is 11.6 Å². The van der Waals surface area contributed by atoms with Crippen LogP contribution in [0.5, 0.6) is 5.75 Å². The minimum absolute atomic E-state index is 0.0709. The van der Waals surface area contributed by atoms with E-state index in [2.05, 4.69) is 0 Å². The highest BCUT2D eigenvalue weighted by atomic mass is 32.2. The Morgan fingerprint density at radius 2 is 1.57 bits per heavy atom. The number of hydrogen-bond donors (Lipinski definition) is 0. The molecule has 2 aromatic carbocycles. The van der Waals surface area contributed by atoms with Crippen LogP contribution in [0.2, 0.25) is 0 Å². The molecule has 3 nitrogen and oxygen atoms in total. The van der Waals surface area contributed by atoms with Crippen LogP contribution >= 0.6 is 0 Å². The first-order valence-electron chi connectivity index (χ1n) is 7.19. The number of benzene rings is 2. The molecule has 2 aromatic rings. The first-order valence-corrected chi connectivity index (χ1v) is 8.67. The quantitative estimate of drug-likeness (QED) is 0.857. The van der Waals surface area contributed by atoms with Gasteiger partial charge in [0.2, 0.25) is 11.1 Å². The predicted octanol–water partition coefficient (Wildman–Crippen LogP) is 3.77. The van der Waals surface area contributed by atoms with Crippen molar-refractivity contribution in [3.63, 3.8) is 0 Å². The van der Waals surface area contributed by atoms with E-state index in [1.165, 1.54) is 18.4 Å². The van der Waals surface area contributed by atoms with Gasteiger partial charge in [-0.3, -0.25) is 4.79 Å². The average molecular weight is 330 g/mol. The smallest absolute Gasteiger partial charge is 0.203 e. The van der Waals surface area contributed by atoms with Crippen molar-refractivity contribution in [3.8, 4) is 5.75 Å². The maximum Gasteiger partial charge on any atom is 0.203 e. The third-order valence-electron chi connectivity index (χ3n) is 3.73. The molecule has 0 aromatic heterocycles. The SMILES string of the molecule is CS(=O)Oc1ccc(C2=C(c3ccc(F)cc3)C(=O)CC2)cc1. The average Bonchev–Trinajstić information content (AvgIpc) is 2.90. The molecule has 1 atom stereocenters. The van der Waals surface area contributed by atoms with Crippen LogP contribution in [0, 0.1) is 5.82 Å². The molecule has 0 fully saturated rings. The van der Waals surface area contributed by atoms with Crippen LogP contribution in [0.25, 0.3) is 11.1 Å². The summed E-state index contributed by atoms with van der Waals surface area (Å²) in [4.78, 5) is 12.2. The fourth-order valence-corrected chi connectivity index (χ4v) is 3.13. The fourth-order valence-electron chi connectivity index (χ4n) is 2.74. The van der Waals surface area contributed by atoms with E-state index in [0.29, 0.717) is 24.2 Å². The summed E-state index contributed by atoms with van der Waals surface area (Å²) >= 11 is -1.37. The summed E-state index contributed by atoms with van der Waals surface area (Å²) in [5.74, 6) is 0.264.